The molecule has 1 N–H and O–H groups in total. The van der Waals surface area contributed by atoms with Gasteiger partial charge < -0.3 is 10.2 Å². The van der Waals surface area contributed by atoms with E-state index in [1.54, 1.807) is 24.0 Å². The van der Waals surface area contributed by atoms with Gasteiger partial charge in [0.15, 0.2) is 0 Å². The molecule has 3 aromatic carbocycles. The molecular weight excluding hydrogens is 537 g/mol. The van der Waals surface area contributed by atoms with E-state index in [1.807, 2.05) is 18.2 Å². The number of nitrogens with zero attached hydrogens (tertiary/aromatic N) is 2. The number of likely N-dealkylation sites (tertiary alicyclic amines) is 2. The summed E-state index contributed by atoms with van der Waals surface area (Å²) in [5, 5.41) is 3.16. The standard InChI is InChI=1S/C37H46FN3O2/c1-25-11-8-16-32(38)33(25)36(43)41-22-10-15-31(35(42)39-30-14-9-13-29(23-30)37(3,4)5)34(41)28-19-17-27(18-20-28)24-40-21-7-6-12-26(40)2/h8-9,11,13-14,16-20,23,26,31,34H,6-7,10,12,15,21-22,24H2,1-5H3,(H,39,42). The number of amides is 2. The minimum atomic E-state index is -0.527. The van der Waals surface area contributed by atoms with Crippen LogP contribution in [0.5, 0.6) is 0 Å². The van der Waals surface area contributed by atoms with E-state index < -0.39 is 17.8 Å². The monoisotopic (exact) mass is 583 g/mol. The fraction of sp³-hybridized carbons (Fsp3) is 0.459. The lowest BCUT2D eigenvalue weighted by atomic mass is 9.82. The third-order valence-electron chi connectivity index (χ3n) is 9.31. The number of hydrogen-bond donors (Lipinski definition) is 1. The number of aryl methyl sites for hydroxylation is 1. The first-order valence-electron chi connectivity index (χ1n) is 15.8. The highest BCUT2D eigenvalue weighted by atomic mass is 19.1. The fourth-order valence-electron chi connectivity index (χ4n) is 6.70. The average molecular weight is 584 g/mol. The second-order valence-corrected chi connectivity index (χ2v) is 13.5. The molecule has 6 heteroatoms. The summed E-state index contributed by atoms with van der Waals surface area (Å²) in [5.41, 5.74) is 4.63. The molecule has 0 saturated carbocycles. The smallest absolute Gasteiger partial charge is 0.257 e. The van der Waals surface area contributed by atoms with Crippen LogP contribution in [0.2, 0.25) is 0 Å². The lowest BCUT2D eigenvalue weighted by Gasteiger charge is -2.41. The van der Waals surface area contributed by atoms with E-state index in [1.165, 1.54) is 30.9 Å². The molecule has 5 nitrogen and oxygen atoms in total. The van der Waals surface area contributed by atoms with Crippen molar-refractivity contribution in [3.8, 4) is 0 Å². The molecule has 3 aromatic rings. The number of carbonyl (C=O) groups is 2. The molecule has 0 aromatic heterocycles. The average Bonchev–Trinajstić information content (AvgIpc) is 2.98. The Morgan fingerprint density at radius 1 is 0.930 bits per heavy atom. The van der Waals surface area contributed by atoms with Crippen LogP contribution in [0.1, 0.15) is 98.5 Å². The number of benzene rings is 3. The molecule has 3 atom stereocenters. The molecule has 0 bridgehead atoms. The third-order valence-corrected chi connectivity index (χ3v) is 9.31. The van der Waals surface area contributed by atoms with E-state index >= 15 is 4.39 Å². The zero-order valence-electron chi connectivity index (χ0n) is 26.3. The van der Waals surface area contributed by atoms with Crippen molar-refractivity contribution < 1.29 is 14.0 Å². The maximum atomic E-state index is 15.0. The van der Waals surface area contributed by atoms with Crippen LogP contribution in [0, 0.1) is 18.7 Å². The topological polar surface area (TPSA) is 52.7 Å². The number of piperidine rings is 2. The van der Waals surface area contributed by atoms with Crippen LogP contribution in [-0.4, -0.2) is 40.7 Å². The quantitative estimate of drug-likeness (QED) is 0.320. The first-order valence-corrected chi connectivity index (χ1v) is 15.8. The van der Waals surface area contributed by atoms with Gasteiger partial charge in [-0.2, -0.15) is 0 Å². The lowest BCUT2D eigenvalue weighted by Crippen LogP contribution is -2.46. The molecule has 43 heavy (non-hydrogen) atoms. The van der Waals surface area contributed by atoms with Crippen molar-refractivity contribution >= 4 is 17.5 Å². The Balaban J connectivity index is 1.46. The van der Waals surface area contributed by atoms with E-state index in [0.29, 0.717) is 31.0 Å². The highest BCUT2D eigenvalue weighted by Gasteiger charge is 2.40. The molecule has 2 amide bonds. The van der Waals surface area contributed by atoms with Gasteiger partial charge in [0.2, 0.25) is 5.91 Å². The van der Waals surface area contributed by atoms with Gasteiger partial charge >= 0.3 is 0 Å². The molecule has 2 saturated heterocycles. The third kappa shape index (κ3) is 7.01. The Morgan fingerprint density at radius 2 is 1.67 bits per heavy atom. The molecule has 2 aliphatic rings. The van der Waals surface area contributed by atoms with E-state index in [0.717, 1.165) is 29.9 Å². The van der Waals surface area contributed by atoms with Crippen LogP contribution < -0.4 is 5.32 Å². The van der Waals surface area contributed by atoms with E-state index in [4.69, 9.17) is 0 Å². The number of hydrogen-bond acceptors (Lipinski definition) is 3. The lowest BCUT2D eigenvalue weighted by molar-refractivity contribution is -0.123. The van der Waals surface area contributed by atoms with Crippen LogP contribution >= 0.6 is 0 Å². The second kappa shape index (κ2) is 13.0. The van der Waals surface area contributed by atoms with Crippen molar-refractivity contribution in [3.63, 3.8) is 0 Å². The fourth-order valence-corrected chi connectivity index (χ4v) is 6.70. The number of anilines is 1. The van der Waals surface area contributed by atoms with E-state index in [-0.39, 0.29) is 22.8 Å². The molecule has 2 heterocycles. The highest BCUT2D eigenvalue weighted by Crippen LogP contribution is 2.39. The second-order valence-electron chi connectivity index (χ2n) is 13.5. The summed E-state index contributed by atoms with van der Waals surface area (Å²) < 4.78 is 15.0. The summed E-state index contributed by atoms with van der Waals surface area (Å²) >= 11 is 0. The summed E-state index contributed by atoms with van der Waals surface area (Å²) in [7, 11) is 0. The Kier molecular flexibility index (Phi) is 9.36. The summed E-state index contributed by atoms with van der Waals surface area (Å²) in [6.45, 7) is 13.0. The van der Waals surface area contributed by atoms with Crippen molar-refractivity contribution in [3.05, 3.63) is 100 Å². The first kappa shape index (κ1) is 30.9. The molecule has 0 radical (unpaired) electrons. The molecule has 2 fully saturated rings. The van der Waals surface area contributed by atoms with Gasteiger partial charge in [0, 0.05) is 24.8 Å². The van der Waals surface area contributed by atoms with E-state index in [9.17, 15) is 9.59 Å². The molecule has 3 unspecified atom stereocenters. The summed E-state index contributed by atoms with van der Waals surface area (Å²) in [6.07, 6.45) is 5.05. The molecule has 228 valence electrons. The maximum absolute atomic E-state index is 15.0. The Bertz CT molecular complexity index is 1420. The van der Waals surface area contributed by atoms with Crippen LogP contribution in [0.25, 0.3) is 0 Å². The first-order chi connectivity index (χ1) is 20.5. The minimum absolute atomic E-state index is 0.0529. The van der Waals surface area contributed by atoms with Gasteiger partial charge in [0.1, 0.15) is 5.82 Å². The normalized spacial score (nSPS) is 21.4. The Morgan fingerprint density at radius 3 is 2.37 bits per heavy atom. The van der Waals surface area contributed by atoms with Crippen molar-refractivity contribution in [2.75, 3.05) is 18.4 Å². The predicted molar refractivity (Wildman–Crippen MR) is 172 cm³/mol. The van der Waals surface area contributed by atoms with Gasteiger partial charge in [0.05, 0.1) is 17.5 Å². The summed E-state index contributed by atoms with van der Waals surface area (Å²) in [4.78, 5) is 32.3. The molecule has 0 spiro atoms. The number of nitrogens with one attached hydrogen (secondary N) is 1. The van der Waals surface area contributed by atoms with Crippen LogP contribution in [0.3, 0.4) is 0 Å². The zero-order valence-corrected chi connectivity index (χ0v) is 26.3. The molecule has 0 aliphatic carbocycles. The van der Waals surface area contributed by atoms with Crippen molar-refractivity contribution in [1.29, 1.82) is 0 Å². The van der Waals surface area contributed by atoms with Gasteiger partial charge in [-0.3, -0.25) is 14.5 Å². The summed E-state index contributed by atoms with van der Waals surface area (Å²) in [6, 6.07) is 21.1. The summed E-state index contributed by atoms with van der Waals surface area (Å²) in [5.74, 6) is -1.49. The Labute approximate surface area is 256 Å². The van der Waals surface area contributed by atoms with Gasteiger partial charge in [0.25, 0.3) is 5.91 Å². The largest absolute Gasteiger partial charge is 0.331 e. The van der Waals surface area contributed by atoms with Gasteiger partial charge in [-0.1, -0.05) is 75.7 Å². The molecule has 2 aliphatic heterocycles. The number of rotatable bonds is 6. The van der Waals surface area contributed by atoms with Crippen LogP contribution in [-0.2, 0) is 16.8 Å². The molecular formula is C37H46FN3O2. The molecule has 5 rings (SSSR count). The van der Waals surface area contributed by atoms with Crippen molar-refractivity contribution in [2.45, 2.75) is 90.8 Å². The minimum Gasteiger partial charge on any atom is -0.331 e. The number of halogens is 1. The Hall–Kier alpha value is -3.51. The van der Waals surface area contributed by atoms with Crippen molar-refractivity contribution in [1.82, 2.24) is 9.80 Å². The van der Waals surface area contributed by atoms with Gasteiger partial charge in [-0.05, 0) is 91.9 Å². The van der Waals surface area contributed by atoms with Gasteiger partial charge in [-0.15, -0.1) is 0 Å². The van der Waals surface area contributed by atoms with Crippen molar-refractivity contribution in [2.24, 2.45) is 5.92 Å². The van der Waals surface area contributed by atoms with Crippen LogP contribution in [0.15, 0.2) is 66.7 Å². The van der Waals surface area contributed by atoms with Gasteiger partial charge in [-0.25, -0.2) is 4.39 Å². The zero-order chi connectivity index (χ0) is 30.7. The maximum Gasteiger partial charge on any atom is 0.257 e. The van der Waals surface area contributed by atoms with Crippen LogP contribution in [0.4, 0.5) is 10.1 Å². The number of carbonyl (C=O) groups excluding carboxylic acids is 2. The van der Waals surface area contributed by atoms with E-state index in [2.05, 4.69) is 68.2 Å². The highest BCUT2D eigenvalue weighted by molar-refractivity contribution is 5.98. The SMILES string of the molecule is Cc1cccc(F)c1C(=O)N1CCCC(C(=O)Nc2cccc(C(C)(C)C)c2)C1c1ccc(CN2CCCCC2C)cc1. The predicted octanol–water partition coefficient (Wildman–Crippen LogP) is 8.04.